The molecule has 29 heavy (non-hydrogen) atoms. The Balaban J connectivity index is 0.00000300. The van der Waals surface area contributed by atoms with Crippen molar-refractivity contribution >= 4 is 47.2 Å². The van der Waals surface area contributed by atoms with E-state index in [1.54, 1.807) is 18.4 Å². The van der Waals surface area contributed by atoms with E-state index in [4.69, 9.17) is 9.72 Å². The second-order valence-electron chi connectivity index (χ2n) is 7.13. The Bertz CT molecular complexity index is 812. The molecular weight excluding hydrogens is 499 g/mol. The summed E-state index contributed by atoms with van der Waals surface area (Å²) in [5, 5.41) is 6.63. The standard InChI is InChI=1S/C21H28N4O2S.HI/c1-15-12-25(13-18(15)20(26)27-3)21(22-2)23-11-17-14-28-19(24-17)10-9-16-7-5-4-6-8-16;/h4-8,14-15,18H,9-13H2,1-3H3,(H,22,23);1H. The van der Waals surface area contributed by atoms with Crippen molar-refractivity contribution in [3.8, 4) is 0 Å². The fourth-order valence-corrected chi connectivity index (χ4v) is 4.34. The number of benzene rings is 1. The Labute approximate surface area is 193 Å². The molecule has 6 nitrogen and oxygen atoms in total. The molecule has 1 saturated heterocycles. The van der Waals surface area contributed by atoms with Crippen molar-refractivity contribution in [3.05, 3.63) is 52.0 Å². The Morgan fingerprint density at radius 3 is 2.76 bits per heavy atom. The predicted molar refractivity (Wildman–Crippen MR) is 128 cm³/mol. The van der Waals surface area contributed by atoms with Crippen LogP contribution in [0.3, 0.4) is 0 Å². The number of aryl methyl sites for hydroxylation is 2. The number of thiazole rings is 1. The molecule has 1 aromatic heterocycles. The Morgan fingerprint density at radius 2 is 2.07 bits per heavy atom. The van der Waals surface area contributed by atoms with Crippen LogP contribution in [0.15, 0.2) is 40.7 Å². The van der Waals surface area contributed by atoms with E-state index in [2.05, 4.69) is 51.8 Å². The Morgan fingerprint density at radius 1 is 1.31 bits per heavy atom. The van der Waals surface area contributed by atoms with E-state index in [1.165, 1.54) is 12.7 Å². The summed E-state index contributed by atoms with van der Waals surface area (Å²) >= 11 is 1.70. The molecule has 1 N–H and O–H groups in total. The lowest BCUT2D eigenvalue weighted by Gasteiger charge is -2.21. The van der Waals surface area contributed by atoms with Crippen LogP contribution in [0.5, 0.6) is 0 Å². The SMILES string of the molecule is CN=C(NCc1csc(CCc2ccccc2)n1)N1CC(C)C(C(=O)OC)C1.I. The van der Waals surface area contributed by atoms with Gasteiger partial charge in [-0.05, 0) is 17.9 Å². The van der Waals surface area contributed by atoms with Gasteiger partial charge in [0.05, 0.1) is 30.3 Å². The number of aliphatic imine (C=N–C) groups is 1. The molecule has 2 atom stereocenters. The molecule has 0 bridgehead atoms. The highest BCUT2D eigenvalue weighted by atomic mass is 127. The third-order valence-electron chi connectivity index (χ3n) is 5.12. The third-order valence-corrected chi connectivity index (χ3v) is 6.08. The summed E-state index contributed by atoms with van der Waals surface area (Å²) in [6, 6.07) is 10.5. The second-order valence-corrected chi connectivity index (χ2v) is 8.07. The molecule has 2 unspecified atom stereocenters. The highest BCUT2D eigenvalue weighted by Gasteiger charge is 2.36. The number of hydrogen-bond acceptors (Lipinski definition) is 5. The van der Waals surface area contributed by atoms with Gasteiger partial charge in [0.25, 0.3) is 0 Å². The minimum Gasteiger partial charge on any atom is -0.469 e. The molecule has 0 amide bonds. The van der Waals surface area contributed by atoms with E-state index in [0.717, 1.165) is 36.0 Å². The average Bonchev–Trinajstić information content (AvgIpc) is 3.34. The number of methoxy groups -OCH3 is 1. The lowest BCUT2D eigenvalue weighted by atomic mass is 9.99. The smallest absolute Gasteiger partial charge is 0.310 e. The van der Waals surface area contributed by atoms with Crippen LogP contribution in [0.25, 0.3) is 0 Å². The summed E-state index contributed by atoms with van der Waals surface area (Å²) < 4.78 is 4.92. The number of aromatic nitrogens is 1. The third kappa shape index (κ3) is 6.40. The van der Waals surface area contributed by atoms with Gasteiger partial charge in [0.1, 0.15) is 0 Å². The van der Waals surface area contributed by atoms with Crippen LogP contribution in [0.2, 0.25) is 0 Å². The number of carbonyl (C=O) groups excluding carboxylic acids is 1. The van der Waals surface area contributed by atoms with Gasteiger partial charge in [0, 0.05) is 31.9 Å². The van der Waals surface area contributed by atoms with Gasteiger partial charge in [-0.3, -0.25) is 9.79 Å². The maximum atomic E-state index is 11.9. The number of nitrogens with one attached hydrogen (secondary N) is 1. The van der Waals surface area contributed by atoms with Crippen LogP contribution < -0.4 is 5.32 Å². The monoisotopic (exact) mass is 528 g/mol. The topological polar surface area (TPSA) is 66.8 Å². The summed E-state index contributed by atoms with van der Waals surface area (Å²) in [7, 11) is 3.22. The molecule has 8 heteroatoms. The highest BCUT2D eigenvalue weighted by Crippen LogP contribution is 2.24. The molecule has 1 aliphatic rings. The van der Waals surface area contributed by atoms with Gasteiger partial charge in [-0.25, -0.2) is 4.98 Å². The molecular formula is C21H29IN4O2S. The Hall–Kier alpha value is -1.68. The van der Waals surface area contributed by atoms with E-state index in [1.807, 2.05) is 6.07 Å². The number of halogens is 1. The molecule has 3 rings (SSSR count). The lowest BCUT2D eigenvalue weighted by Crippen LogP contribution is -2.40. The van der Waals surface area contributed by atoms with Crippen molar-refractivity contribution in [3.63, 3.8) is 0 Å². The quantitative estimate of drug-likeness (QED) is 0.270. The number of rotatable bonds is 6. The van der Waals surface area contributed by atoms with Crippen molar-refractivity contribution in [1.82, 2.24) is 15.2 Å². The molecule has 0 saturated carbocycles. The number of ether oxygens (including phenoxy) is 1. The van der Waals surface area contributed by atoms with Gasteiger partial charge in [-0.1, -0.05) is 37.3 Å². The molecule has 0 aliphatic carbocycles. The Kier molecular flexibility index (Phi) is 9.35. The fraction of sp³-hybridized carbons (Fsp3) is 0.476. The number of guanidine groups is 1. The van der Waals surface area contributed by atoms with Crippen LogP contribution >= 0.6 is 35.3 Å². The minimum absolute atomic E-state index is 0. The summed E-state index contributed by atoms with van der Waals surface area (Å²) in [4.78, 5) is 23.1. The first-order valence-corrected chi connectivity index (χ1v) is 10.5. The number of nitrogens with zero attached hydrogens (tertiary/aromatic N) is 3. The van der Waals surface area contributed by atoms with Gasteiger partial charge in [-0.2, -0.15) is 0 Å². The van der Waals surface area contributed by atoms with Gasteiger partial charge in [0.2, 0.25) is 0 Å². The van der Waals surface area contributed by atoms with E-state index in [-0.39, 0.29) is 41.8 Å². The molecule has 1 aliphatic heterocycles. The molecule has 158 valence electrons. The van der Waals surface area contributed by atoms with Gasteiger partial charge in [-0.15, -0.1) is 35.3 Å². The van der Waals surface area contributed by atoms with Gasteiger partial charge in [0.15, 0.2) is 5.96 Å². The maximum absolute atomic E-state index is 11.9. The largest absolute Gasteiger partial charge is 0.469 e. The molecule has 0 spiro atoms. The first-order valence-electron chi connectivity index (χ1n) is 9.61. The second kappa shape index (κ2) is 11.5. The van der Waals surface area contributed by atoms with Crippen molar-refractivity contribution < 1.29 is 9.53 Å². The molecule has 2 heterocycles. The van der Waals surface area contributed by atoms with E-state index < -0.39 is 0 Å². The number of likely N-dealkylation sites (tertiary alicyclic amines) is 1. The van der Waals surface area contributed by atoms with E-state index >= 15 is 0 Å². The van der Waals surface area contributed by atoms with Gasteiger partial charge < -0.3 is 15.0 Å². The summed E-state index contributed by atoms with van der Waals surface area (Å²) in [6.45, 7) is 4.13. The average molecular weight is 528 g/mol. The number of carbonyl (C=O) groups is 1. The molecule has 0 radical (unpaired) electrons. The van der Waals surface area contributed by atoms with Crippen molar-refractivity contribution in [2.45, 2.75) is 26.3 Å². The zero-order valence-electron chi connectivity index (χ0n) is 17.1. The maximum Gasteiger partial charge on any atom is 0.310 e. The number of hydrogen-bond donors (Lipinski definition) is 1. The van der Waals surface area contributed by atoms with Crippen LogP contribution in [0.4, 0.5) is 0 Å². The zero-order chi connectivity index (χ0) is 19.9. The van der Waals surface area contributed by atoms with Crippen LogP contribution in [0, 0.1) is 11.8 Å². The van der Waals surface area contributed by atoms with Gasteiger partial charge >= 0.3 is 5.97 Å². The van der Waals surface area contributed by atoms with Crippen molar-refractivity contribution in [1.29, 1.82) is 0 Å². The molecule has 1 fully saturated rings. The first-order chi connectivity index (χ1) is 13.6. The summed E-state index contributed by atoms with van der Waals surface area (Å²) in [5.41, 5.74) is 2.35. The molecule has 1 aromatic carbocycles. The fourth-order valence-electron chi connectivity index (χ4n) is 3.54. The van der Waals surface area contributed by atoms with Crippen molar-refractivity contribution in [2.24, 2.45) is 16.8 Å². The minimum atomic E-state index is -0.145. The first kappa shape index (κ1) is 23.6. The van der Waals surface area contributed by atoms with Crippen LogP contribution in [-0.2, 0) is 28.9 Å². The van der Waals surface area contributed by atoms with Crippen molar-refractivity contribution in [2.75, 3.05) is 27.2 Å². The van der Waals surface area contributed by atoms with Crippen LogP contribution in [-0.4, -0.2) is 49.1 Å². The highest BCUT2D eigenvalue weighted by molar-refractivity contribution is 14.0. The predicted octanol–water partition coefficient (Wildman–Crippen LogP) is 3.36. The van der Waals surface area contributed by atoms with E-state index in [9.17, 15) is 4.79 Å². The van der Waals surface area contributed by atoms with E-state index in [0.29, 0.717) is 13.1 Å². The molecule has 2 aromatic rings. The zero-order valence-corrected chi connectivity index (χ0v) is 20.3. The summed E-state index contributed by atoms with van der Waals surface area (Å²) in [5.74, 6) is 0.798. The van der Waals surface area contributed by atoms with Crippen LogP contribution in [0.1, 0.15) is 23.2 Å². The number of esters is 1. The summed E-state index contributed by atoms with van der Waals surface area (Å²) in [6.07, 6.45) is 1.96. The lowest BCUT2D eigenvalue weighted by molar-refractivity contribution is -0.145. The normalized spacial score (nSPS) is 19.0.